The first-order valence-electron chi connectivity index (χ1n) is 10.4. The van der Waals surface area contributed by atoms with E-state index in [-0.39, 0.29) is 12.2 Å². The maximum absolute atomic E-state index is 12.6. The van der Waals surface area contributed by atoms with Gasteiger partial charge in [0.15, 0.2) is 0 Å². The topological polar surface area (TPSA) is 56.6 Å². The molecule has 3 rings (SSSR count). The number of hydrogen-bond acceptors (Lipinski definition) is 5. The van der Waals surface area contributed by atoms with E-state index in [1.54, 1.807) is 35.2 Å². The molecule has 0 aliphatic rings. The van der Waals surface area contributed by atoms with Crippen molar-refractivity contribution in [3.8, 4) is 17.2 Å². The number of pyridine rings is 2. The van der Waals surface area contributed by atoms with Gasteiger partial charge in [0.05, 0.1) is 10.7 Å². The second-order valence-corrected chi connectivity index (χ2v) is 7.64. The molecule has 3 aromatic rings. The smallest absolute Gasteiger partial charge is 0.258 e. The van der Waals surface area contributed by atoms with Crippen LogP contribution in [0.1, 0.15) is 26.5 Å². The van der Waals surface area contributed by atoms with Crippen molar-refractivity contribution in [1.29, 1.82) is 0 Å². The molecule has 6 nitrogen and oxygen atoms in total. The average Bonchev–Trinajstić information content (AvgIpc) is 2.79. The molecule has 31 heavy (non-hydrogen) atoms. The van der Waals surface area contributed by atoms with Gasteiger partial charge in [-0.15, -0.1) is 0 Å². The number of likely N-dealkylation sites (N-methyl/N-ethyl adjacent to an activating group) is 1. The van der Waals surface area contributed by atoms with Crippen molar-refractivity contribution in [3.05, 3.63) is 82.0 Å². The predicted molar refractivity (Wildman–Crippen MR) is 123 cm³/mol. The van der Waals surface area contributed by atoms with Crippen molar-refractivity contribution in [3.63, 3.8) is 0 Å². The largest absolute Gasteiger partial charge is 0.492 e. The van der Waals surface area contributed by atoms with Gasteiger partial charge in [-0.25, -0.2) is 0 Å². The molecule has 0 radical (unpaired) electrons. The lowest BCUT2D eigenvalue weighted by molar-refractivity contribution is 0.158. The molecule has 0 spiro atoms. The molecule has 7 heteroatoms. The fourth-order valence-corrected chi connectivity index (χ4v) is 3.40. The molecule has 0 aliphatic carbocycles. The molecule has 0 N–H and O–H groups in total. The summed E-state index contributed by atoms with van der Waals surface area (Å²) < 4.78 is 13.1. The number of rotatable bonds is 10. The fourth-order valence-electron chi connectivity index (χ4n) is 3.29. The summed E-state index contributed by atoms with van der Waals surface area (Å²) in [7, 11) is 0. The molecule has 0 amide bonds. The Labute approximate surface area is 188 Å². The number of halogens is 1. The minimum absolute atomic E-state index is 0.176. The monoisotopic (exact) mass is 441 g/mol. The highest BCUT2D eigenvalue weighted by Crippen LogP contribution is 2.17. The van der Waals surface area contributed by atoms with E-state index in [9.17, 15) is 4.79 Å². The van der Waals surface area contributed by atoms with Crippen molar-refractivity contribution >= 4 is 11.6 Å². The SMILES string of the molecule is CCN(CC)[C@@H](C)COc1ccc(-n2ccc(OCc3ccc(Cl)cn3)cc2=O)cc1. The van der Waals surface area contributed by atoms with E-state index in [1.165, 1.54) is 6.07 Å². The van der Waals surface area contributed by atoms with E-state index < -0.39 is 0 Å². The van der Waals surface area contributed by atoms with E-state index in [2.05, 4.69) is 30.7 Å². The zero-order chi connectivity index (χ0) is 22.2. The third-order valence-corrected chi connectivity index (χ3v) is 5.33. The lowest BCUT2D eigenvalue weighted by Crippen LogP contribution is -2.36. The Morgan fingerprint density at radius 1 is 1.03 bits per heavy atom. The molecule has 0 unspecified atom stereocenters. The summed E-state index contributed by atoms with van der Waals surface area (Å²) >= 11 is 5.83. The summed E-state index contributed by atoms with van der Waals surface area (Å²) in [5, 5.41) is 0.571. The van der Waals surface area contributed by atoms with Crippen LogP contribution in [0.2, 0.25) is 5.02 Å². The van der Waals surface area contributed by atoms with Gasteiger partial charge in [0.2, 0.25) is 0 Å². The molecular weight excluding hydrogens is 414 g/mol. The van der Waals surface area contributed by atoms with Crippen LogP contribution in [0.15, 0.2) is 65.7 Å². The summed E-state index contributed by atoms with van der Waals surface area (Å²) in [4.78, 5) is 19.1. The number of aromatic nitrogens is 2. The number of hydrogen-bond donors (Lipinski definition) is 0. The van der Waals surface area contributed by atoms with Crippen LogP contribution in [0.4, 0.5) is 0 Å². The second-order valence-electron chi connectivity index (χ2n) is 7.20. The zero-order valence-corrected chi connectivity index (χ0v) is 18.9. The van der Waals surface area contributed by atoms with E-state index in [0.29, 0.717) is 23.4 Å². The van der Waals surface area contributed by atoms with Crippen molar-refractivity contribution < 1.29 is 9.47 Å². The molecular formula is C24H28ClN3O3. The standard InChI is InChI=1S/C24H28ClN3O3/c1-4-27(5-2)18(3)16-30-22-10-8-21(9-11-22)28-13-12-23(14-24(28)29)31-17-20-7-6-19(25)15-26-20/h6-15,18H,4-5,16-17H2,1-3H3/t18-/m0/s1. The Balaban J connectivity index is 1.60. The molecule has 0 saturated heterocycles. The van der Waals surface area contributed by atoms with Crippen LogP contribution in [0.3, 0.4) is 0 Å². The Morgan fingerprint density at radius 2 is 1.77 bits per heavy atom. The highest BCUT2D eigenvalue weighted by molar-refractivity contribution is 6.30. The minimum Gasteiger partial charge on any atom is -0.492 e. The first kappa shape index (κ1) is 22.8. The van der Waals surface area contributed by atoms with E-state index in [0.717, 1.165) is 30.2 Å². The summed E-state index contributed by atoms with van der Waals surface area (Å²) in [5.41, 5.74) is 1.32. The van der Waals surface area contributed by atoms with Crippen molar-refractivity contribution in [2.75, 3.05) is 19.7 Å². The van der Waals surface area contributed by atoms with Gasteiger partial charge in [-0.1, -0.05) is 25.4 Å². The molecule has 1 aromatic carbocycles. The van der Waals surface area contributed by atoms with Gasteiger partial charge in [0, 0.05) is 30.2 Å². The Morgan fingerprint density at radius 3 is 2.39 bits per heavy atom. The van der Waals surface area contributed by atoms with Crippen LogP contribution in [0.5, 0.6) is 11.5 Å². The third-order valence-electron chi connectivity index (χ3n) is 5.11. The predicted octanol–water partition coefficient (Wildman–Crippen LogP) is 4.57. The maximum atomic E-state index is 12.6. The van der Waals surface area contributed by atoms with Crippen molar-refractivity contribution in [2.24, 2.45) is 0 Å². The van der Waals surface area contributed by atoms with E-state index in [4.69, 9.17) is 21.1 Å². The van der Waals surface area contributed by atoms with Crippen molar-refractivity contribution in [2.45, 2.75) is 33.4 Å². The average molecular weight is 442 g/mol. The van der Waals surface area contributed by atoms with Crippen LogP contribution in [0, 0.1) is 0 Å². The Bertz CT molecular complexity index is 1020. The van der Waals surface area contributed by atoms with Gasteiger partial charge >= 0.3 is 0 Å². The van der Waals surface area contributed by atoms with Crippen LogP contribution < -0.4 is 15.0 Å². The Hall–Kier alpha value is -2.83. The third kappa shape index (κ3) is 6.32. The summed E-state index contributed by atoms with van der Waals surface area (Å²) in [5.74, 6) is 1.27. The summed E-state index contributed by atoms with van der Waals surface area (Å²) in [6.45, 7) is 9.34. The molecule has 1 atom stereocenters. The van der Waals surface area contributed by atoms with Crippen LogP contribution in [0.25, 0.3) is 5.69 Å². The first-order valence-corrected chi connectivity index (χ1v) is 10.8. The number of ether oxygens (including phenoxy) is 2. The molecule has 0 saturated carbocycles. The van der Waals surface area contributed by atoms with Crippen LogP contribution in [-0.2, 0) is 6.61 Å². The lowest BCUT2D eigenvalue weighted by atomic mass is 10.2. The van der Waals surface area contributed by atoms with Gasteiger partial charge in [0.25, 0.3) is 5.56 Å². The Kier molecular flexibility index (Phi) is 8.09. The molecule has 2 aromatic heterocycles. The molecule has 0 bridgehead atoms. The van der Waals surface area contributed by atoms with E-state index >= 15 is 0 Å². The quantitative estimate of drug-likeness (QED) is 0.461. The highest BCUT2D eigenvalue weighted by Gasteiger charge is 2.11. The van der Waals surface area contributed by atoms with Gasteiger partial charge in [-0.3, -0.25) is 19.2 Å². The van der Waals surface area contributed by atoms with Gasteiger partial charge in [-0.2, -0.15) is 0 Å². The van der Waals surface area contributed by atoms with Crippen LogP contribution >= 0.6 is 11.6 Å². The summed E-state index contributed by atoms with van der Waals surface area (Å²) in [6.07, 6.45) is 3.27. The molecule has 0 aliphatic heterocycles. The van der Waals surface area contributed by atoms with Gasteiger partial charge < -0.3 is 9.47 Å². The zero-order valence-electron chi connectivity index (χ0n) is 18.1. The highest BCUT2D eigenvalue weighted by atomic mass is 35.5. The van der Waals surface area contributed by atoms with Crippen molar-refractivity contribution in [1.82, 2.24) is 14.5 Å². The fraction of sp³-hybridized carbons (Fsp3) is 0.333. The normalized spacial score (nSPS) is 12.0. The number of nitrogens with zero attached hydrogens (tertiary/aromatic N) is 3. The van der Waals surface area contributed by atoms with Gasteiger partial charge in [-0.05, 0) is 62.5 Å². The molecule has 2 heterocycles. The summed E-state index contributed by atoms with van der Waals surface area (Å²) in [6, 6.07) is 14.6. The minimum atomic E-state index is -0.176. The maximum Gasteiger partial charge on any atom is 0.258 e. The molecule has 164 valence electrons. The van der Waals surface area contributed by atoms with E-state index in [1.807, 2.05) is 24.3 Å². The molecule has 0 fully saturated rings. The number of benzene rings is 1. The lowest BCUT2D eigenvalue weighted by Gasteiger charge is -2.26. The second kappa shape index (κ2) is 11.0. The van der Waals surface area contributed by atoms with Crippen LogP contribution in [-0.4, -0.2) is 40.2 Å². The first-order chi connectivity index (χ1) is 15.0. The van der Waals surface area contributed by atoms with Gasteiger partial charge in [0.1, 0.15) is 24.7 Å².